The van der Waals surface area contributed by atoms with E-state index in [1.54, 1.807) is 12.1 Å². The fourth-order valence-electron chi connectivity index (χ4n) is 3.41. The quantitative estimate of drug-likeness (QED) is 0.510. The first-order valence-corrected chi connectivity index (χ1v) is 11.2. The number of aryl methyl sites for hydroxylation is 1. The molecule has 9 nitrogen and oxygen atoms in total. The van der Waals surface area contributed by atoms with Crippen molar-refractivity contribution in [1.82, 2.24) is 20.2 Å². The number of carbonyl (C=O) groups excluding carboxylic acids is 1. The summed E-state index contributed by atoms with van der Waals surface area (Å²) in [4.78, 5) is 21.4. The second kappa shape index (κ2) is 9.76. The molecule has 11 heteroatoms. The van der Waals surface area contributed by atoms with Crippen LogP contribution < -0.4 is 14.8 Å². The van der Waals surface area contributed by atoms with Crippen molar-refractivity contribution in [2.45, 2.75) is 26.4 Å². The summed E-state index contributed by atoms with van der Waals surface area (Å²) in [6, 6.07) is 3.44. The van der Waals surface area contributed by atoms with Gasteiger partial charge in [0.1, 0.15) is 10.9 Å². The molecule has 168 valence electrons. The molecule has 1 fully saturated rings. The number of hydrogen-bond donors (Lipinski definition) is 1. The van der Waals surface area contributed by atoms with Gasteiger partial charge in [0.05, 0.1) is 31.6 Å². The van der Waals surface area contributed by atoms with E-state index in [4.69, 9.17) is 25.8 Å². The van der Waals surface area contributed by atoms with Gasteiger partial charge in [-0.3, -0.25) is 15.1 Å². The maximum atomic E-state index is 13.1. The predicted molar refractivity (Wildman–Crippen MR) is 121 cm³/mol. The highest BCUT2D eigenvalue weighted by atomic mass is 35.5. The van der Waals surface area contributed by atoms with E-state index in [-0.39, 0.29) is 17.2 Å². The van der Waals surface area contributed by atoms with Crippen LogP contribution in [0, 0.1) is 12.8 Å². The smallest absolute Gasteiger partial charge is 0.295 e. The number of ether oxygens (including phenoxy) is 3. The highest BCUT2D eigenvalue weighted by molar-refractivity contribution is 7.17. The first kappa shape index (κ1) is 22.4. The molecule has 0 spiro atoms. The molecule has 3 aromatic heterocycles. The van der Waals surface area contributed by atoms with E-state index in [1.807, 2.05) is 13.8 Å². The highest BCUT2D eigenvalue weighted by Crippen LogP contribution is 2.34. The average Bonchev–Trinajstić information content (AvgIpc) is 3.40. The van der Waals surface area contributed by atoms with Crippen LogP contribution >= 0.6 is 22.9 Å². The Morgan fingerprint density at radius 1 is 1.28 bits per heavy atom. The molecule has 0 aliphatic carbocycles. The second-order valence-corrected chi connectivity index (χ2v) is 8.67. The third kappa shape index (κ3) is 4.98. The summed E-state index contributed by atoms with van der Waals surface area (Å²) in [5, 5.41) is 11.8. The zero-order chi connectivity index (χ0) is 22.7. The summed E-state index contributed by atoms with van der Waals surface area (Å²) in [5.74, 6) is 0.425. The standard InChI is InChI=1S/C21H22ClN5O4S/c1-11-6-14(15-7-18(22)24-9-17(15)29-3)16(8-23-11)19(28)25-20-26-27-21(32-20)31-10-13-4-5-30-12(13)2/h6-9,12-13H,4-5,10H2,1-3H3,(H,25,26,28)/t12-,13+/m1/s1. The van der Waals surface area contributed by atoms with E-state index in [2.05, 4.69) is 25.5 Å². The third-order valence-corrected chi connectivity index (χ3v) is 6.17. The van der Waals surface area contributed by atoms with Crippen LogP contribution in [0.3, 0.4) is 0 Å². The van der Waals surface area contributed by atoms with Crippen LogP contribution in [0.25, 0.3) is 11.1 Å². The van der Waals surface area contributed by atoms with Crippen LogP contribution in [0.1, 0.15) is 29.4 Å². The van der Waals surface area contributed by atoms with Crippen molar-refractivity contribution >= 4 is 34.0 Å². The third-order valence-electron chi connectivity index (χ3n) is 5.21. The molecule has 0 radical (unpaired) electrons. The van der Waals surface area contributed by atoms with Gasteiger partial charge in [-0.25, -0.2) is 4.98 Å². The molecule has 1 N–H and O–H groups in total. The van der Waals surface area contributed by atoms with Crippen molar-refractivity contribution in [1.29, 1.82) is 0 Å². The first-order chi connectivity index (χ1) is 15.4. The van der Waals surface area contributed by atoms with Crippen LogP contribution in [0.2, 0.25) is 5.15 Å². The van der Waals surface area contributed by atoms with Crippen molar-refractivity contribution in [3.8, 4) is 22.1 Å². The molecule has 1 aliphatic heterocycles. The van der Waals surface area contributed by atoms with E-state index < -0.39 is 0 Å². The first-order valence-electron chi connectivity index (χ1n) is 10.0. The number of methoxy groups -OCH3 is 1. The van der Waals surface area contributed by atoms with E-state index in [0.717, 1.165) is 30.1 Å². The Hall–Kier alpha value is -2.82. The molecule has 32 heavy (non-hydrogen) atoms. The van der Waals surface area contributed by atoms with Crippen molar-refractivity contribution in [3.05, 3.63) is 40.9 Å². The SMILES string of the molecule is COc1cnc(Cl)cc1-c1cc(C)ncc1C(=O)Nc1nnc(OC[C@@H]2CCO[C@@H]2C)s1. The van der Waals surface area contributed by atoms with Crippen molar-refractivity contribution < 1.29 is 19.0 Å². The molecule has 1 amide bonds. The largest absolute Gasteiger partial charge is 0.494 e. The molecule has 4 rings (SSSR count). The number of hydrogen-bond acceptors (Lipinski definition) is 9. The number of nitrogens with zero attached hydrogens (tertiary/aromatic N) is 4. The number of rotatable bonds is 7. The van der Waals surface area contributed by atoms with Crippen LogP contribution in [-0.4, -0.2) is 52.5 Å². The lowest BCUT2D eigenvalue weighted by Gasteiger charge is -2.13. The van der Waals surface area contributed by atoms with Crippen LogP contribution in [0.4, 0.5) is 5.13 Å². The van der Waals surface area contributed by atoms with Gasteiger partial charge in [0, 0.05) is 35.5 Å². The second-order valence-electron chi connectivity index (χ2n) is 7.34. The normalized spacial score (nSPS) is 17.9. The summed E-state index contributed by atoms with van der Waals surface area (Å²) in [6.45, 7) is 5.11. The maximum Gasteiger partial charge on any atom is 0.295 e. The molecular weight excluding hydrogens is 454 g/mol. The van der Waals surface area contributed by atoms with Crippen LogP contribution in [-0.2, 0) is 4.74 Å². The van der Waals surface area contributed by atoms with E-state index in [9.17, 15) is 4.79 Å². The summed E-state index contributed by atoms with van der Waals surface area (Å²) in [6.07, 6.45) is 4.14. The number of aromatic nitrogens is 4. The van der Waals surface area contributed by atoms with Crippen LogP contribution in [0.15, 0.2) is 24.5 Å². The molecule has 0 saturated carbocycles. The fraction of sp³-hybridized carbons (Fsp3) is 0.381. The topological polar surface area (TPSA) is 108 Å². The van der Waals surface area contributed by atoms with Gasteiger partial charge in [0.25, 0.3) is 11.1 Å². The van der Waals surface area contributed by atoms with Gasteiger partial charge in [-0.15, -0.1) is 5.10 Å². The summed E-state index contributed by atoms with van der Waals surface area (Å²) >= 11 is 7.25. The van der Waals surface area contributed by atoms with E-state index in [0.29, 0.717) is 45.3 Å². The minimum atomic E-state index is -0.386. The summed E-state index contributed by atoms with van der Waals surface area (Å²) in [5.41, 5.74) is 2.33. The Morgan fingerprint density at radius 2 is 2.12 bits per heavy atom. The lowest BCUT2D eigenvalue weighted by molar-refractivity contribution is 0.0903. The molecular formula is C21H22ClN5O4S. The Morgan fingerprint density at radius 3 is 2.88 bits per heavy atom. The lowest BCUT2D eigenvalue weighted by atomic mass is 10.0. The molecule has 1 aliphatic rings. The highest BCUT2D eigenvalue weighted by Gasteiger charge is 2.25. The minimum Gasteiger partial charge on any atom is -0.494 e. The number of anilines is 1. The summed E-state index contributed by atoms with van der Waals surface area (Å²) < 4.78 is 16.7. The fourth-order valence-corrected chi connectivity index (χ4v) is 4.17. The Bertz CT molecular complexity index is 1130. The molecule has 1 saturated heterocycles. The molecule has 2 atom stereocenters. The molecule has 0 unspecified atom stereocenters. The van der Waals surface area contributed by atoms with Gasteiger partial charge in [-0.1, -0.05) is 16.7 Å². The van der Waals surface area contributed by atoms with E-state index >= 15 is 0 Å². The van der Waals surface area contributed by atoms with Crippen molar-refractivity contribution in [3.63, 3.8) is 0 Å². The zero-order valence-electron chi connectivity index (χ0n) is 17.8. The molecule has 4 heterocycles. The Kier molecular flexibility index (Phi) is 6.83. The van der Waals surface area contributed by atoms with Crippen molar-refractivity contribution in [2.24, 2.45) is 5.92 Å². The molecule has 0 bridgehead atoms. The molecule has 0 aromatic carbocycles. The summed E-state index contributed by atoms with van der Waals surface area (Å²) in [7, 11) is 1.53. The Labute approximate surface area is 194 Å². The van der Waals surface area contributed by atoms with Gasteiger partial charge in [-0.2, -0.15) is 0 Å². The Balaban J connectivity index is 1.52. The predicted octanol–water partition coefficient (Wildman–Crippen LogP) is 4.02. The molecule has 3 aromatic rings. The van der Waals surface area contributed by atoms with E-state index in [1.165, 1.54) is 19.5 Å². The van der Waals surface area contributed by atoms with Crippen LogP contribution in [0.5, 0.6) is 10.9 Å². The number of halogens is 1. The van der Waals surface area contributed by atoms with Gasteiger partial charge in [0.2, 0.25) is 5.13 Å². The maximum absolute atomic E-state index is 13.1. The minimum absolute atomic E-state index is 0.160. The monoisotopic (exact) mass is 475 g/mol. The van der Waals surface area contributed by atoms with Gasteiger partial charge >= 0.3 is 0 Å². The zero-order valence-corrected chi connectivity index (χ0v) is 19.4. The van der Waals surface area contributed by atoms with Gasteiger partial charge < -0.3 is 14.2 Å². The number of amides is 1. The van der Waals surface area contributed by atoms with Gasteiger partial charge in [0.15, 0.2) is 0 Å². The number of carbonyl (C=O) groups is 1. The van der Waals surface area contributed by atoms with Crippen molar-refractivity contribution in [2.75, 3.05) is 25.6 Å². The number of pyridine rings is 2. The average molecular weight is 476 g/mol. The van der Waals surface area contributed by atoms with Gasteiger partial charge in [-0.05, 0) is 43.7 Å². The number of nitrogens with one attached hydrogen (secondary N) is 1. The lowest BCUT2D eigenvalue weighted by Crippen LogP contribution is -2.19.